The molecular formula is C24H25N3O. The first-order chi connectivity index (χ1) is 13.8. The fourth-order valence-electron chi connectivity index (χ4n) is 4.80. The largest absolute Gasteiger partial charge is 0.377 e. The summed E-state index contributed by atoms with van der Waals surface area (Å²) in [7, 11) is 0. The Labute approximate surface area is 165 Å². The molecule has 4 nitrogen and oxygen atoms in total. The summed E-state index contributed by atoms with van der Waals surface area (Å²) in [4.78, 5) is 16.2. The van der Waals surface area contributed by atoms with Gasteiger partial charge in [-0.1, -0.05) is 49.4 Å². The summed E-state index contributed by atoms with van der Waals surface area (Å²) in [5, 5.41) is 8.05. The quantitative estimate of drug-likeness (QED) is 0.557. The van der Waals surface area contributed by atoms with Crippen molar-refractivity contribution in [1.29, 1.82) is 0 Å². The molecule has 1 aromatic heterocycles. The molecule has 3 aromatic rings. The molecule has 0 fully saturated rings. The number of amides is 1. The van der Waals surface area contributed by atoms with Gasteiger partial charge in [0.25, 0.3) is 5.91 Å². The first-order valence-electron chi connectivity index (χ1n) is 10.2. The van der Waals surface area contributed by atoms with E-state index < -0.39 is 0 Å². The van der Waals surface area contributed by atoms with Crippen molar-refractivity contribution < 1.29 is 4.79 Å². The van der Waals surface area contributed by atoms with Crippen molar-refractivity contribution in [2.24, 2.45) is 5.92 Å². The van der Waals surface area contributed by atoms with Gasteiger partial charge in [-0.25, -0.2) is 0 Å². The van der Waals surface area contributed by atoms with E-state index in [0.717, 1.165) is 29.6 Å². The molecule has 2 aromatic carbocycles. The van der Waals surface area contributed by atoms with Gasteiger partial charge in [0.15, 0.2) is 0 Å². The van der Waals surface area contributed by atoms with Crippen molar-refractivity contribution in [2.75, 3.05) is 11.9 Å². The Hall–Kier alpha value is -3.01. The molecule has 1 aliphatic carbocycles. The topological polar surface area (TPSA) is 56.9 Å². The van der Waals surface area contributed by atoms with Crippen molar-refractivity contribution in [3.8, 4) is 0 Å². The van der Waals surface area contributed by atoms with E-state index in [4.69, 9.17) is 0 Å². The van der Waals surface area contributed by atoms with E-state index in [1.165, 1.54) is 16.5 Å². The standard InChI is InChI=1S/C24H25N3O/c1-2-13-25-24(28)19-11-6-10-17-15-8-5-9-18(15)23(27-22(17)19)20-14-26-21-12-4-3-7-16(20)21/h3-8,10-12,14-15,18,23,26-27H,2,9,13H2,1H3,(H,25,28). The molecule has 0 saturated carbocycles. The van der Waals surface area contributed by atoms with Crippen molar-refractivity contribution >= 4 is 22.5 Å². The summed E-state index contributed by atoms with van der Waals surface area (Å²) < 4.78 is 0. The van der Waals surface area contributed by atoms with Gasteiger partial charge in [0.2, 0.25) is 0 Å². The number of H-pyrrole nitrogens is 1. The minimum absolute atomic E-state index is 0.00398. The predicted molar refractivity (Wildman–Crippen MR) is 114 cm³/mol. The van der Waals surface area contributed by atoms with E-state index in [0.29, 0.717) is 18.4 Å². The number of para-hydroxylation sites is 2. The number of hydrogen-bond acceptors (Lipinski definition) is 2. The third kappa shape index (κ3) is 2.63. The first-order valence-corrected chi connectivity index (χ1v) is 10.2. The molecule has 0 saturated heterocycles. The maximum atomic E-state index is 12.8. The van der Waals surface area contributed by atoms with Crippen LogP contribution in [0.3, 0.4) is 0 Å². The summed E-state index contributed by atoms with van der Waals surface area (Å²) in [5.74, 6) is 0.804. The van der Waals surface area contributed by atoms with E-state index >= 15 is 0 Å². The van der Waals surface area contributed by atoms with E-state index in [-0.39, 0.29) is 11.9 Å². The highest BCUT2D eigenvalue weighted by atomic mass is 16.1. The SMILES string of the molecule is CCCNC(=O)c1cccc2c1NC(c1c[nH]c3ccccc13)C1CC=CC21. The number of allylic oxidation sites excluding steroid dienone is 2. The summed E-state index contributed by atoms with van der Waals surface area (Å²) >= 11 is 0. The summed E-state index contributed by atoms with van der Waals surface area (Å²) in [6.07, 6.45) is 8.72. The van der Waals surface area contributed by atoms with Crippen LogP contribution in [0.5, 0.6) is 0 Å². The molecule has 0 radical (unpaired) electrons. The second-order valence-corrected chi connectivity index (χ2v) is 7.79. The predicted octanol–water partition coefficient (Wildman–Crippen LogP) is 5.13. The highest BCUT2D eigenvalue weighted by Crippen LogP contribution is 2.51. The highest BCUT2D eigenvalue weighted by molar-refractivity contribution is 6.01. The molecule has 2 heterocycles. The summed E-state index contributed by atoms with van der Waals surface area (Å²) in [6.45, 7) is 2.76. The van der Waals surface area contributed by atoms with Crippen LogP contribution in [0, 0.1) is 5.92 Å². The lowest BCUT2D eigenvalue weighted by Gasteiger charge is -2.38. The number of anilines is 1. The lowest BCUT2D eigenvalue weighted by atomic mass is 9.76. The molecule has 142 valence electrons. The van der Waals surface area contributed by atoms with Crippen LogP contribution in [-0.2, 0) is 0 Å². The molecule has 3 atom stereocenters. The molecule has 0 spiro atoms. The third-order valence-corrected chi connectivity index (χ3v) is 6.13. The molecule has 1 aliphatic heterocycles. The monoisotopic (exact) mass is 371 g/mol. The van der Waals surface area contributed by atoms with Crippen LogP contribution >= 0.6 is 0 Å². The lowest BCUT2D eigenvalue weighted by molar-refractivity contribution is 0.0954. The van der Waals surface area contributed by atoms with E-state index in [9.17, 15) is 4.79 Å². The number of rotatable bonds is 4. The second-order valence-electron chi connectivity index (χ2n) is 7.79. The van der Waals surface area contributed by atoms with Crippen molar-refractivity contribution in [3.05, 3.63) is 77.5 Å². The average Bonchev–Trinajstić information content (AvgIpc) is 3.38. The van der Waals surface area contributed by atoms with Crippen LogP contribution in [0.2, 0.25) is 0 Å². The molecule has 1 amide bonds. The van der Waals surface area contributed by atoms with Crippen LogP contribution in [0.15, 0.2) is 60.8 Å². The van der Waals surface area contributed by atoms with Crippen LogP contribution < -0.4 is 10.6 Å². The van der Waals surface area contributed by atoms with Gasteiger partial charge in [-0.15, -0.1) is 0 Å². The Kier molecular flexibility index (Phi) is 4.19. The number of benzene rings is 2. The van der Waals surface area contributed by atoms with Crippen molar-refractivity contribution in [2.45, 2.75) is 31.7 Å². The molecule has 3 unspecified atom stereocenters. The second kappa shape index (κ2) is 6.86. The van der Waals surface area contributed by atoms with Crippen LogP contribution in [-0.4, -0.2) is 17.4 Å². The number of carbonyl (C=O) groups excluding carboxylic acids is 1. The van der Waals surface area contributed by atoms with E-state index in [1.807, 2.05) is 12.1 Å². The number of nitrogens with one attached hydrogen (secondary N) is 3. The molecule has 0 bridgehead atoms. The van der Waals surface area contributed by atoms with Gasteiger partial charge in [0, 0.05) is 29.6 Å². The number of hydrogen-bond donors (Lipinski definition) is 3. The normalized spacial score (nSPS) is 22.5. The minimum atomic E-state index is 0.00398. The van der Waals surface area contributed by atoms with Gasteiger partial charge >= 0.3 is 0 Å². The summed E-state index contributed by atoms with van der Waals surface area (Å²) in [5.41, 5.74) is 5.40. The molecule has 5 rings (SSSR count). The Bertz CT molecular complexity index is 1060. The zero-order valence-corrected chi connectivity index (χ0v) is 16.0. The van der Waals surface area contributed by atoms with Crippen LogP contribution in [0.25, 0.3) is 10.9 Å². The lowest BCUT2D eigenvalue weighted by Crippen LogP contribution is -2.32. The summed E-state index contributed by atoms with van der Waals surface area (Å²) in [6, 6.07) is 14.7. The third-order valence-electron chi connectivity index (χ3n) is 6.13. The maximum Gasteiger partial charge on any atom is 0.253 e. The zero-order valence-electron chi connectivity index (χ0n) is 16.0. The molecule has 28 heavy (non-hydrogen) atoms. The van der Waals surface area contributed by atoms with Gasteiger partial charge in [-0.05, 0) is 42.0 Å². The fraction of sp³-hybridized carbons (Fsp3) is 0.292. The molecule has 3 N–H and O–H groups in total. The minimum Gasteiger partial charge on any atom is -0.377 e. The van der Waals surface area contributed by atoms with Crippen LogP contribution in [0.4, 0.5) is 5.69 Å². The Morgan fingerprint density at radius 2 is 2.04 bits per heavy atom. The Morgan fingerprint density at radius 1 is 1.14 bits per heavy atom. The van der Waals surface area contributed by atoms with E-state index in [2.05, 4.69) is 71.2 Å². The Morgan fingerprint density at radius 3 is 2.93 bits per heavy atom. The Balaban J connectivity index is 1.60. The van der Waals surface area contributed by atoms with Crippen molar-refractivity contribution in [1.82, 2.24) is 10.3 Å². The van der Waals surface area contributed by atoms with Crippen molar-refractivity contribution in [3.63, 3.8) is 0 Å². The van der Waals surface area contributed by atoms with Gasteiger partial charge in [-0.2, -0.15) is 0 Å². The molecular weight excluding hydrogens is 346 g/mol. The zero-order chi connectivity index (χ0) is 19.1. The van der Waals surface area contributed by atoms with Gasteiger partial charge < -0.3 is 15.6 Å². The molecule has 2 aliphatic rings. The highest BCUT2D eigenvalue weighted by Gasteiger charge is 2.40. The van der Waals surface area contributed by atoms with Gasteiger partial charge in [0.1, 0.15) is 0 Å². The smallest absolute Gasteiger partial charge is 0.253 e. The fourth-order valence-corrected chi connectivity index (χ4v) is 4.80. The van der Waals surface area contributed by atoms with Gasteiger partial charge in [0.05, 0.1) is 17.3 Å². The average molecular weight is 371 g/mol. The number of carbonyl (C=O) groups is 1. The van der Waals surface area contributed by atoms with E-state index in [1.54, 1.807) is 0 Å². The number of aromatic nitrogens is 1. The number of aromatic amines is 1. The molecule has 4 heteroatoms. The maximum absolute atomic E-state index is 12.8. The van der Waals surface area contributed by atoms with Crippen LogP contribution in [0.1, 0.15) is 53.2 Å². The number of fused-ring (bicyclic) bond motifs is 4. The van der Waals surface area contributed by atoms with Gasteiger partial charge in [-0.3, -0.25) is 4.79 Å². The first kappa shape index (κ1) is 17.1.